The van der Waals surface area contributed by atoms with Gasteiger partial charge < -0.3 is 25.6 Å². The number of piperidine rings is 1. The monoisotopic (exact) mass is 504 g/mol. The molecule has 3 atom stereocenters. The van der Waals surface area contributed by atoms with E-state index in [0.717, 1.165) is 75.2 Å². The lowest BCUT2D eigenvalue weighted by molar-refractivity contribution is -0.137. The highest BCUT2D eigenvalue weighted by atomic mass is 19.4. The number of urea groups is 1. The third-order valence-corrected chi connectivity index (χ3v) is 6.94. The van der Waals surface area contributed by atoms with Crippen LogP contribution in [0.2, 0.25) is 0 Å². The molecule has 2 amide bonds. The summed E-state index contributed by atoms with van der Waals surface area (Å²) in [6.07, 6.45) is 1.68. The molecule has 1 saturated heterocycles. The number of nitrogens with zero attached hydrogens (tertiary/aromatic N) is 1. The lowest BCUT2D eigenvalue weighted by Gasteiger charge is -2.40. The Morgan fingerprint density at radius 3 is 2.33 bits per heavy atom. The molecule has 0 aromatic heterocycles. The molecule has 3 N–H and O–H groups in total. The van der Waals surface area contributed by atoms with Gasteiger partial charge in [0.1, 0.15) is 5.75 Å². The summed E-state index contributed by atoms with van der Waals surface area (Å²) in [5.41, 5.74) is 0.885. The minimum atomic E-state index is -4.33. The first-order valence-electron chi connectivity index (χ1n) is 12.8. The Kier molecular flexibility index (Phi) is 8.61. The van der Waals surface area contributed by atoms with E-state index in [1.807, 2.05) is 31.2 Å². The van der Waals surface area contributed by atoms with E-state index in [2.05, 4.69) is 20.9 Å². The van der Waals surface area contributed by atoms with Gasteiger partial charge in [-0.1, -0.05) is 12.8 Å². The van der Waals surface area contributed by atoms with Crippen molar-refractivity contribution in [2.75, 3.05) is 29.9 Å². The van der Waals surface area contributed by atoms with Gasteiger partial charge in [-0.15, -0.1) is 0 Å². The molecule has 4 rings (SSSR count). The van der Waals surface area contributed by atoms with Crippen molar-refractivity contribution < 1.29 is 22.7 Å². The van der Waals surface area contributed by atoms with Crippen LogP contribution in [0.4, 0.5) is 29.3 Å². The number of carbonyl (C=O) groups is 1. The molecule has 1 saturated carbocycles. The zero-order chi connectivity index (χ0) is 25.5. The van der Waals surface area contributed by atoms with Gasteiger partial charge in [0.05, 0.1) is 12.2 Å². The molecule has 0 unspecified atom stereocenters. The quantitative estimate of drug-likeness (QED) is 0.446. The Morgan fingerprint density at radius 2 is 1.67 bits per heavy atom. The van der Waals surface area contributed by atoms with Crippen molar-refractivity contribution >= 4 is 17.4 Å². The highest BCUT2D eigenvalue weighted by Gasteiger charge is 2.32. The Labute approximate surface area is 210 Å². The summed E-state index contributed by atoms with van der Waals surface area (Å²) < 4.78 is 44.2. The molecule has 6 nitrogen and oxygen atoms in total. The van der Waals surface area contributed by atoms with Crippen LogP contribution in [0.1, 0.15) is 51.0 Å². The van der Waals surface area contributed by atoms with E-state index in [1.54, 1.807) is 12.1 Å². The zero-order valence-corrected chi connectivity index (χ0v) is 20.6. The molecule has 0 bridgehead atoms. The minimum Gasteiger partial charge on any atom is -0.494 e. The molecule has 1 heterocycles. The average Bonchev–Trinajstić information content (AvgIpc) is 2.86. The molecular formula is C27H35F3N4O2. The van der Waals surface area contributed by atoms with E-state index in [9.17, 15) is 18.0 Å². The lowest BCUT2D eigenvalue weighted by atomic mass is 9.89. The van der Waals surface area contributed by atoms with Gasteiger partial charge in [0.2, 0.25) is 0 Å². The molecular weight excluding hydrogens is 469 g/mol. The summed E-state index contributed by atoms with van der Waals surface area (Å²) in [6, 6.07) is 12.9. The van der Waals surface area contributed by atoms with Crippen molar-refractivity contribution in [1.82, 2.24) is 10.6 Å². The second-order valence-corrected chi connectivity index (χ2v) is 9.55. The topological polar surface area (TPSA) is 65.6 Å². The highest BCUT2D eigenvalue weighted by Crippen LogP contribution is 2.31. The number of halogens is 3. The first-order chi connectivity index (χ1) is 17.3. The molecule has 0 radical (unpaired) electrons. The van der Waals surface area contributed by atoms with Crippen LogP contribution in [0.15, 0.2) is 48.5 Å². The van der Waals surface area contributed by atoms with Crippen LogP contribution in [0.5, 0.6) is 5.75 Å². The highest BCUT2D eigenvalue weighted by molar-refractivity contribution is 5.89. The molecule has 2 aromatic carbocycles. The second kappa shape index (κ2) is 11.9. The van der Waals surface area contributed by atoms with Gasteiger partial charge in [-0.05, 0) is 81.1 Å². The van der Waals surface area contributed by atoms with Gasteiger partial charge >= 0.3 is 12.2 Å². The summed E-state index contributed by atoms with van der Waals surface area (Å²) in [6.45, 7) is 4.06. The molecule has 36 heavy (non-hydrogen) atoms. The molecule has 1 aliphatic heterocycles. The molecule has 2 fully saturated rings. The van der Waals surface area contributed by atoms with Crippen molar-refractivity contribution in [2.45, 2.75) is 69.8 Å². The van der Waals surface area contributed by atoms with E-state index in [0.29, 0.717) is 12.3 Å². The summed E-state index contributed by atoms with van der Waals surface area (Å²) >= 11 is 0. The first kappa shape index (κ1) is 26.1. The Hall–Kier alpha value is -2.94. The van der Waals surface area contributed by atoms with E-state index in [-0.39, 0.29) is 24.2 Å². The molecule has 0 spiro atoms. The number of carbonyl (C=O) groups excluding carboxylic acids is 1. The predicted octanol–water partition coefficient (Wildman–Crippen LogP) is 5.80. The van der Waals surface area contributed by atoms with Gasteiger partial charge in [0, 0.05) is 42.6 Å². The van der Waals surface area contributed by atoms with Crippen LogP contribution in [-0.2, 0) is 6.18 Å². The number of anilines is 2. The third-order valence-electron chi connectivity index (χ3n) is 6.94. The number of alkyl halides is 3. The molecule has 196 valence electrons. The number of amides is 2. The second-order valence-electron chi connectivity index (χ2n) is 9.55. The Balaban J connectivity index is 1.31. The zero-order valence-electron chi connectivity index (χ0n) is 20.6. The van der Waals surface area contributed by atoms with Crippen molar-refractivity contribution in [1.29, 1.82) is 0 Å². The summed E-state index contributed by atoms with van der Waals surface area (Å²) in [4.78, 5) is 14.8. The standard InChI is InChI=1S/C27H35F3N4O2/c1-2-36-23-15-11-20(12-16-23)32-26(35)33-25-8-4-3-7-24(25)31-21-6-5-17-34(18-21)22-13-9-19(10-14-22)27(28,29)30/h9-16,21,24-25,31H,2-8,17-18H2,1H3,(H2,32,33,35)/t21-,24+,25+/m0/s1. The van der Waals surface area contributed by atoms with E-state index >= 15 is 0 Å². The molecule has 9 heteroatoms. The van der Waals surface area contributed by atoms with E-state index in [1.165, 1.54) is 0 Å². The van der Waals surface area contributed by atoms with Crippen molar-refractivity contribution in [3.8, 4) is 5.75 Å². The number of hydrogen-bond acceptors (Lipinski definition) is 4. The summed E-state index contributed by atoms with van der Waals surface area (Å²) in [5.74, 6) is 0.762. The SMILES string of the molecule is CCOc1ccc(NC(=O)N[C@@H]2CCCC[C@H]2N[C@H]2CCCN(c3ccc(C(F)(F)F)cc3)C2)cc1. The fourth-order valence-electron chi connectivity index (χ4n) is 5.15. The minimum absolute atomic E-state index is 0.0166. The fraction of sp³-hybridized carbons (Fsp3) is 0.519. The van der Waals surface area contributed by atoms with Crippen molar-refractivity contribution in [3.05, 3.63) is 54.1 Å². The van der Waals surface area contributed by atoms with Crippen LogP contribution < -0.4 is 25.6 Å². The van der Waals surface area contributed by atoms with Gasteiger partial charge in [-0.2, -0.15) is 13.2 Å². The summed E-state index contributed by atoms with van der Waals surface area (Å²) in [7, 11) is 0. The third kappa shape index (κ3) is 7.06. The van der Waals surface area contributed by atoms with Gasteiger partial charge in [0.15, 0.2) is 0 Å². The van der Waals surface area contributed by atoms with Crippen LogP contribution in [-0.4, -0.2) is 43.9 Å². The number of benzene rings is 2. The summed E-state index contributed by atoms with van der Waals surface area (Å²) in [5, 5.41) is 9.80. The number of ether oxygens (including phenoxy) is 1. The van der Waals surface area contributed by atoms with Gasteiger partial charge in [0.25, 0.3) is 0 Å². The maximum absolute atomic E-state index is 12.9. The van der Waals surface area contributed by atoms with Crippen molar-refractivity contribution in [2.24, 2.45) is 0 Å². The Morgan fingerprint density at radius 1 is 0.972 bits per heavy atom. The molecule has 1 aliphatic carbocycles. The molecule has 2 aromatic rings. The normalized spacial score (nSPS) is 22.7. The fourth-order valence-corrected chi connectivity index (χ4v) is 5.15. The maximum Gasteiger partial charge on any atom is 0.416 e. The largest absolute Gasteiger partial charge is 0.494 e. The average molecular weight is 505 g/mol. The maximum atomic E-state index is 12.9. The smallest absolute Gasteiger partial charge is 0.416 e. The predicted molar refractivity (Wildman–Crippen MR) is 136 cm³/mol. The first-order valence-corrected chi connectivity index (χ1v) is 12.8. The molecule has 2 aliphatic rings. The van der Waals surface area contributed by atoms with Crippen LogP contribution >= 0.6 is 0 Å². The number of nitrogens with one attached hydrogen (secondary N) is 3. The van der Waals surface area contributed by atoms with Crippen molar-refractivity contribution in [3.63, 3.8) is 0 Å². The van der Waals surface area contributed by atoms with Gasteiger partial charge in [-0.3, -0.25) is 0 Å². The number of rotatable bonds is 7. The Bertz CT molecular complexity index is 982. The lowest BCUT2D eigenvalue weighted by Crippen LogP contribution is -2.57. The number of hydrogen-bond donors (Lipinski definition) is 3. The van der Waals surface area contributed by atoms with Crippen LogP contribution in [0.3, 0.4) is 0 Å². The van der Waals surface area contributed by atoms with E-state index in [4.69, 9.17) is 4.74 Å². The van der Waals surface area contributed by atoms with Crippen LogP contribution in [0.25, 0.3) is 0 Å². The van der Waals surface area contributed by atoms with Crippen LogP contribution in [0, 0.1) is 0 Å². The van der Waals surface area contributed by atoms with E-state index < -0.39 is 11.7 Å². The van der Waals surface area contributed by atoms with Gasteiger partial charge in [-0.25, -0.2) is 4.79 Å².